The summed E-state index contributed by atoms with van der Waals surface area (Å²) < 4.78 is 5.04. The van der Waals surface area contributed by atoms with Crippen molar-refractivity contribution in [2.75, 3.05) is 19.2 Å². The van der Waals surface area contributed by atoms with Crippen molar-refractivity contribution in [2.45, 2.75) is 6.92 Å². The Morgan fingerprint density at radius 1 is 1.42 bits per heavy atom. The molecule has 0 saturated heterocycles. The van der Waals surface area contributed by atoms with Crippen LogP contribution in [0.5, 0.6) is 5.75 Å². The molecule has 0 aliphatic carbocycles. The largest absolute Gasteiger partial charge is 0.497 e. The van der Waals surface area contributed by atoms with E-state index in [-0.39, 0.29) is 0 Å². The second-order valence-electron chi connectivity index (χ2n) is 2.27. The number of hydrogen-bond acceptors (Lipinski definition) is 3. The topological polar surface area (TPSA) is 30.5 Å². The number of rotatable bonds is 4. The highest BCUT2D eigenvalue weighted by Gasteiger charge is 1.92. The smallest absolute Gasteiger partial charge is 0.121 e. The molecule has 0 saturated carbocycles. The Labute approximate surface area is 72.3 Å². The highest BCUT2D eigenvalue weighted by molar-refractivity contribution is 5.46. The standard InChI is InChI=1S/C9H13NO2/c1-3-12-10-8-5-4-6-9(7-8)11-2/h4-7,10H,3H2,1-2H3. The molecule has 0 unspecified atom stereocenters. The van der Waals surface area contributed by atoms with E-state index < -0.39 is 0 Å². The summed E-state index contributed by atoms with van der Waals surface area (Å²) in [4.78, 5) is 5.01. The van der Waals surface area contributed by atoms with Gasteiger partial charge in [0.05, 0.1) is 19.4 Å². The fraction of sp³-hybridized carbons (Fsp3) is 0.333. The summed E-state index contributed by atoms with van der Waals surface area (Å²) in [5, 5.41) is 0. The third kappa shape index (κ3) is 2.43. The molecule has 66 valence electrons. The van der Waals surface area contributed by atoms with Crippen LogP contribution in [0.1, 0.15) is 6.92 Å². The van der Waals surface area contributed by atoms with Gasteiger partial charge in [0, 0.05) is 6.07 Å². The fourth-order valence-electron chi connectivity index (χ4n) is 0.842. The molecular formula is C9H13NO2. The summed E-state index contributed by atoms with van der Waals surface area (Å²) in [5.74, 6) is 0.819. The van der Waals surface area contributed by atoms with E-state index in [1.165, 1.54) is 0 Å². The normalized spacial score (nSPS) is 9.50. The van der Waals surface area contributed by atoms with Crippen LogP contribution in [0.4, 0.5) is 5.69 Å². The van der Waals surface area contributed by atoms with Crippen molar-refractivity contribution < 1.29 is 9.57 Å². The van der Waals surface area contributed by atoms with E-state index in [2.05, 4.69) is 5.48 Å². The number of hydrogen-bond donors (Lipinski definition) is 1. The maximum Gasteiger partial charge on any atom is 0.121 e. The fourth-order valence-corrected chi connectivity index (χ4v) is 0.842. The molecule has 0 bridgehead atoms. The van der Waals surface area contributed by atoms with E-state index >= 15 is 0 Å². The van der Waals surface area contributed by atoms with Crippen LogP contribution in [0.25, 0.3) is 0 Å². The van der Waals surface area contributed by atoms with Gasteiger partial charge in [-0.2, -0.15) is 0 Å². The zero-order valence-electron chi connectivity index (χ0n) is 7.33. The molecule has 0 heterocycles. The van der Waals surface area contributed by atoms with Gasteiger partial charge in [-0.25, -0.2) is 0 Å². The summed E-state index contributed by atoms with van der Waals surface area (Å²) in [7, 11) is 1.64. The monoisotopic (exact) mass is 167 g/mol. The van der Waals surface area contributed by atoms with Gasteiger partial charge in [0.25, 0.3) is 0 Å². The van der Waals surface area contributed by atoms with E-state index in [1.54, 1.807) is 7.11 Å². The highest BCUT2D eigenvalue weighted by atomic mass is 16.6. The molecular weight excluding hydrogens is 154 g/mol. The van der Waals surface area contributed by atoms with Crippen molar-refractivity contribution in [1.82, 2.24) is 0 Å². The number of methoxy groups -OCH3 is 1. The van der Waals surface area contributed by atoms with Crippen molar-refractivity contribution in [1.29, 1.82) is 0 Å². The van der Waals surface area contributed by atoms with Crippen LogP contribution < -0.4 is 10.2 Å². The first-order valence-corrected chi connectivity index (χ1v) is 3.88. The summed E-state index contributed by atoms with van der Waals surface area (Å²) >= 11 is 0. The second-order valence-corrected chi connectivity index (χ2v) is 2.27. The van der Waals surface area contributed by atoms with Crippen LogP contribution in [-0.2, 0) is 4.84 Å². The zero-order valence-corrected chi connectivity index (χ0v) is 7.33. The third-order valence-electron chi connectivity index (χ3n) is 1.40. The lowest BCUT2D eigenvalue weighted by molar-refractivity contribution is 0.210. The van der Waals surface area contributed by atoms with Crippen LogP contribution >= 0.6 is 0 Å². The molecule has 1 rings (SSSR count). The van der Waals surface area contributed by atoms with Crippen LogP contribution in [0, 0.1) is 0 Å². The molecule has 1 aromatic carbocycles. The van der Waals surface area contributed by atoms with Gasteiger partial charge in [0.2, 0.25) is 0 Å². The summed E-state index contributed by atoms with van der Waals surface area (Å²) in [6.45, 7) is 2.56. The number of anilines is 1. The van der Waals surface area contributed by atoms with E-state index in [9.17, 15) is 0 Å². The molecule has 0 aliphatic rings. The average molecular weight is 167 g/mol. The second kappa shape index (κ2) is 4.62. The molecule has 12 heavy (non-hydrogen) atoms. The Hall–Kier alpha value is -1.22. The molecule has 1 aromatic rings. The molecule has 0 atom stereocenters. The molecule has 0 aliphatic heterocycles. The van der Waals surface area contributed by atoms with Crippen LogP contribution in [0.15, 0.2) is 24.3 Å². The van der Waals surface area contributed by atoms with Crippen LogP contribution in [0.3, 0.4) is 0 Å². The number of benzene rings is 1. The summed E-state index contributed by atoms with van der Waals surface area (Å²) in [6, 6.07) is 7.57. The van der Waals surface area contributed by atoms with Gasteiger partial charge in [-0.1, -0.05) is 6.07 Å². The van der Waals surface area contributed by atoms with E-state index in [1.807, 2.05) is 31.2 Å². The lowest BCUT2D eigenvalue weighted by Gasteiger charge is -2.05. The minimum Gasteiger partial charge on any atom is -0.497 e. The van der Waals surface area contributed by atoms with Gasteiger partial charge in [0.15, 0.2) is 0 Å². The first kappa shape index (κ1) is 8.87. The van der Waals surface area contributed by atoms with E-state index in [0.29, 0.717) is 6.61 Å². The summed E-state index contributed by atoms with van der Waals surface area (Å²) in [5.41, 5.74) is 3.69. The Kier molecular flexibility index (Phi) is 3.41. The van der Waals surface area contributed by atoms with Crippen LogP contribution in [-0.4, -0.2) is 13.7 Å². The molecule has 0 amide bonds. The van der Waals surface area contributed by atoms with Crippen molar-refractivity contribution in [3.8, 4) is 5.75 Å². The maximum atomic E-state index is 5.04. The predicted octanol–water partition coefficient (Wildman–Crippen LogP) is 2.06. The molecule has 0 aromatic heterocycles. The quantitative estimate of drug-likeness (QED) is 0.696. The SMILES string of the molecule is CCONc1cccc(OC)c1. The highest BCUT2D eigenvalue weighted by Crippen LogP contribution is 2.16. The van der Waals surface area contributed by atoms with E-state index in [0.717, 1.165) is 11.4 Å². The van der Waals surface area contributed by atoms with Gasteiger partial charge in [0.1, 0.15) is 5.75 Å². The Bertz CT molecular complexity index is 238. The van der Waals surface area contributed by atoms with Crippen molar-refractivity contribution in [2.24, 2.45) is 0 Å². The third-order valence-corrected chi connectivity index (χ3v) is 1.40. The van der Waals surface area contributed by atoms with Crippen molar-refractivity contribution in [3.63, 3.8) is 0 Å². The zero-order chi connectivity index (χ0) is 8.81. The molecule has 1 N–H and O–H groups in total. The van der Waals surface area contributed by atoms with Crippen molar-refractivity contribution >= 4 is 5.69 Å². The number of ether oxygens (including phenoxy) is 1. The lowest BCUT2D eigenvalue weighted by atomic mass is 10.3. The van der Waals surface area contributed by atoms with Gasteiger partial charge < -0.3 is 4.74 Å². The van der Waals surface area contributed by atoms with Gasteiger partial charge in [-0.05, 0) is 19.1 Å². The molecule has 3 heteroatoms. The van der Waals surface area contributed by atoms with Crippen LogP contribution in [0.2, 0.25) is 0 Å². The average Bonchev–Trinajstić information content (AvgIpc) is 2.15. The minimum absolute atomic E-state index is 0.636. The first-order valence-electron chi connectivity index (χ1n) is 3.88. The first-order chi connectivity index (χ1) is 5.86. The lowest BCUT2D eigenvalue weighted by Crippen LogP contribution is -1.99. The maximum absolute atomic E-state index is 5.04. The molecule has 0 radical (unpaired) electrons. The Morgan fingerprint density at radius 2 is 2.25 bits per heavy atom. The molecule has 0 spiro atoms. The van der Waals surface area contributed by atoms with Gasteiger partial charge in [-0.3, -0.25) is 10.3 Å². The summed E-state index contributed by atoms with van der Waals surface area (Å²) in [6.07, 6.45) is 0. The minimum atomic E-state index is 0.636. The van der Waals surface area contributed by atoms with Gasteiger partial charge >= 0.3 is 0 Å². The van der Waals surface area contributed by atoms with Crippen molar-refractivity contribution in [3.05, 3.63) is 24.3 Å². The van der Waals surface area contributed by atoms with E-state index in [4.69, 9.17) is 9.57 Å². The Balaban J connectivity index is 2.60. The molecule has 3 nitrogen and oxygen atoms in total. The Morgan fingerprint density at radius 3 is 2.92 bits per heavy atom. The van der Waals surface area contributed by atoms with Gasteiger partial charge in [-0.15, -0.1) is 0 Å². The number of nitrogens with one attached hydrogen (secondary N) is 1. The predicted molar refractivity (Wildman–Crippen MR) is 48.2 cm³/mol. The molecule has 0 fully saturated rings.